The molecule has 188 valence electrons. The third-order valence-corrected chi connectivity index (χ3v) is 7.62. The van der Waals surface area contributed by atoms with Crippen molar-refractivity contribution >= 4 is 23.6 Å². The third kappa shape index (κ3) is 5.66. The molecule has 1 saturated heterocycles. The first kappa shape index (κ1) is 25.5. The van der Waals surface area contributed by atoms with Crippen LogP contribution in [0.5, 0.6) is 5.75 Å². The fourth-order valence-electron chi connectivity index (χ4n) is 4.78. The number of nitrogens with zero attached hydrogens (tertiary/aromatic N) is 2. The molecule has 2 amide bonds. The Hall–Kier alpha value is -2.54. The van der Waals surface area contributed by atoms with Gasteiger partial charge in [0.1, 0.15) is 11.6 Å². The normalized spacial score (nSPS) is 19.2. The van der Waals surface area contributed by atoms with Crippen molar-refractivity contribution in [2.24, 2.45) is 5.41 Å². The Labute approximate surface area is 212 Å². The van der Waals surface area contributed by atoms with E-state index in [1.165, 1.54) is 12.1 Å². The molecule has 2 aromatic rings. The molecule has 1 fully saturated rings. The molecule has 0 saturated carbocycles. The second-order valence-corrected chi connectivity index (χ2v) is 11.5. The van der Waals surface area contributed by atoms with E-state index in [2.05, 4.69) is 0 Å². The molecule has 5 nitrogen and oxygen atoms in total. The summed E-state index contributed by atoms with van der Waals surface area (Å²) in [6.07, 6.45) is 0.767. The Morgan fingerprint density at radius 3 is 2.40 bits per heavy atom. The van der Waals surface area contributed by atoms with Crippen LogP contribution in [0.4, 0.5) is 4.39 Å². The smallest absolute Gasteiger partial charge is 0.263 e. The van der Waals surface area contributed by atoms with Gasteiger partial charge in [0.15, 0.2) is 6.10 Å². The van der Waals surface area contributed by atoms with Crippen LogP contribution in [0.1, 0.15) is 56.8 Å². The fourth-order valence-corrected chi connectivity index (χ4v) is 5.68. The summed E-state index contributed by atoms with van der Waals surface area (Å²) in [5.74, 6) is 2.30. The van der Waals surface area contributed by atoms with Gasteiger partial charge in [-0.15, -0.1) is 0 Å². The average molecular weight is 499 g/mol. The summed E-state index contributed by atoms with van der Waals surface area (Å²) in [7, 11) is 0. The summed E-state index contributed by atoms with van der Waals surface area (Å²) in [5.41, 5.74) is 2.42. The Balaban J connectivity index is 1.67. The first-order valence-electron chi connectivity index (χ1n) is 12.4. The number of thioether (sulfide) groups is 1. The average Bonchev–Trinajstić information content (AvgIpc) is 2.86. The lowest BCUT2D eigenvalue weighted by Gasteiger charge is -2.41. The van der Waals surface area contributed by atoms with Gasteiger partial charge in [0.05, 0.1) is 6.04 Å². The molecule has 2 aliphatic rings. The van der Waals surface area contributed by atoms with Crippen molar-refractivity contribution in [3.63, 3.8) is 0 Å². The van der Waals surface area contributed by atoms with Gasteiger partial charge in [-0.2, -0.15) is 11.8 Å². The minimum absolute atomic E-state index is 0.0325. The van der Waals surface area contributed by atoms with Crippen LogP contribution >= 0.6 is 11.8 Å². The summed E-state index contributed by atoms with van der Waals surface area (Å²) < 4.78 is 20.0. The van der Waals surface area contributed by atoms with Gasteiger partial charge >= 0.3 is 0 Å². The van der Waals surface area contributed by atoms with E-state index in [1.54, 1.807) is 12.1 Å². The van der Waals surface area contributed by atoms with Crippen LogP contribution < -0.4 is 4.74 Å². The topological polar surface area (TPSA) is 49.9 Å². The molecule has 4 rings (SSSR count). The Morgan fingerprint density at radius 2 is 1.77 bits per heavy atom. The van der Waals surface area contributed by atoms with Crippen LogP contribution in [0.2, 0.25) is 0 Å². The molecular weight excluding hydrogens is 463 g/mol. The van der Waals surface area contributed by atoms with E-state index in [-0.39, 0.29) is 23.7 Å². The molecule has 7 heteroatoms. The van der Waals surface area contributed by atoms with E-state index < -0.39 is 11.5 Å². The molecule has 2 aliphatic heterocycles. The molecule has 0 N–H and O–H groups in total. The fraction of sp³-hybridized carbons (Fsp3) is 0.500. The van der Waals surface area contributed by atoms with Gasteiger partial charge in [0, 0.05) is 36.6 Å². The first-order valence-corrected chi connectivity index (χ1v) is 13.6. The lowest BCUT2D eigenvalue weighted by Crippen LogP contribution is -2.46. The van der Waals surface area contributed by atoms with Crippen LogP contribution in [0.25, 0.3) is 0 Å². The van der Waals surface area contributed by atoms with E-state index in [1.807, 2.05) is 67.5 Å². The van der Waals surface area contributed by atoms with Crippen molar-refractivity contribution in [2.75, 3.05) is 31.1 Å². The van der Waals surface area contributed by atoms with E-state index in [0.29, 0.717) is 18.7 Å². The second kappa shape index (κ2) is 10.6. The molecule has 35 heavy (non-hydrogen) atoms. The number of hydrogen-bond acceptors (Lipinski definition) is 4. The van der Waals surface area contributed by atoms with Crippen molar-refractivity contribution in [1.82, 2.24) is 9.80 Å². The number of amides is 2. The molecule has 0 radical (unpaired) electrons. The number of fused-ring (bicyclic) bond motifs is 1. The quantitative estimate of drug-likeness (QED) is 0.577. The summed E-state index contributed by atoms with van der Waals surface area (Å²) >= 11 is 1.87. The van der Waals surface area contributed by atoms with Crippen molar-refractivity contribution in [2.45, 2.75) is 52.7 Å². The van der Waals surface area contributed by atoms with E-state index in [9.17, 15) is 14.0 Å². The monoisotopic (exact) mass is 498 g/mol. The highest BCUT2D eigenvalue weighted by molar-refractivity contribution is 7.99. The van der Waals surface area contributed by atoms with Gasteiger partial charge in [0.25, 0.3) is 5.91 Å². The second-order valence-electron chi connectivity index (χ2n) is 10.3. The van der Waals surface area contributed by atoms with Crippen molar-refractivity contribution < 1.29 is 18.7 Å². The summed E-state index contributed by atoms with van der Waals surface area (Å²) in [6, 6.07) is 12.0. The lowest BCUT2D eigenvalue weighted by molar-refractivity contribution is -0.141. The Kier molecular flexibility index (Phi) is 7.74. The maximum absolute atomic E-state index is 13.7. The van der Waals surface area contributed by atoms with Crippen LogP contribution in [0.15, 0.2) is 42.5 Å². The number of rotatable bonds is 5. The molecule has 0 spiro atoms. The zero-order valence-corrected chi connectivity index (χ0v) is 21.9. The highest BCUT2D eigenvalue weighted by atomic mass is 32.2. The molecule has 0 unspecified atom stereocenters. The molecule has 0 aromatic heterocycles. The maximum Gasteiger partial charge on any atom is 0.263 e. The summed E-state index contributed by atoms with van der Waals surface area (Å²) in [5, 5.41) is 0. The molecule has 0 bridgehead atoms. The van der Waals surface area contributed by atoms with Crippen LogP contribution in [0, 0.1) is 11.2 Å². The third-order valence-electron chi connectivity index (χ3n) is 6.68. The number of carbonyl (C=O) groups excluding carboxylic acids is 2. The zero-order valence-electron chi connectivity index (χ0n) is 21.1. The molecule has 2 heterocycles. The minimum atomic E-state index is -0.545. The molecule has 0 aliphatic carbocycles. The number of halogens is 1. The van der Waals surface area contributed by atoms with E-state index in [4.69, 9.17) is 4.74 Å². The van der Waals surface area contributed by atoms with Gasteiger partial charge in [0.2, 0.25) is 5.91 Å². The number of benzene rings is 2. The van der Waals surface area contributed by atoms with Crippen molar-refractivity contribution in [1.29, 1.82) is 0 Å². The van der Waals surface area contributed by atoms with Gasteiger partial charge in [-0.05, 0) is 53.8 Å². The number of hydrogen-bond donors (Lipinski definition) is 0. The lowest BCUT2D eigenvalue weighted by atomic mass is 9.85. The van der Waals surface area contributed by atoms with Gasteiger partial charge in [-0.25, -0.2) is 4.39 Å². The first-order chi connectivity index (χ1) is 16.7. The number of carbonyl (C=O) groups is 2. The van der Waals surface area contributed by atoms with E-state index >= 15 is 0 Å². The SMILES string of the molecule is CC[C@@H](Oc1ccc2c(c1)[C@@H](c1ccc(F)cc1)N(C(=O)C(C)(C)C)CC2)C(=O)N1CCSCC1. The minimum Gasteiger partial charge on any atom is -0.481 e. The Morgan fingerprint density at radius 1 is 1.09 bits per heavy atom. The van der Waals surface area contributed by atoms with Gasteiger partial charge in [-0.3, -0.25) is 9.59 Å². The Bertz CT molecular complexity index is 1060. The molecular formula is C28H35FN2O3S. The van der Waals surface area contributed by atoms with Crippen molar-refractivity contribution in [3.05, 3.63) is 65.0 Å². The largest absolute Gasteiger partial charge is 0.481 e. The molecule has 2 aromatic carbocycles. The summed E-state index contributed by atoms with van der Waals surface area (Å²) in [6.45, 7) is 9.82. The highest BCUT2D eigenvalue weighted by Gasteiger charge is 2.37. The predicted molar refractivity (Wildman–Crippen MR) is 138 cm³/mol. The van der Waals surface area contributed by atoms with Crippen LogP contribution in [0.3, 0.4) is 0 Å². The van der Waals surface area contributed by atoms with Crippen molar-refractivity contribution in [3.8, 4) is 5.75 Å². The van der Waals surface area contributed by atoms with Crippen LogP contribution in [-0.2, 0) is 16.0 Å². The van der Waals surface area contributed by atoms with Gasteiger partial charge < -0.3 is 14.5 Å². The zero-order chi connectivity index (χ0) is 25.2. The highest BCUT2D eigenvalue weighted by Crippen LogP contribution is 2.39. The van der Waals surface area contributed by atoms with Crippen LogP contribution in [-0.4, -0.2) is 58.9 Å². The summed E-state index contributed by atoms with van der Waals surface area (Å²) in [4.78, 5) is 30.3. The van der Waals surface area contributed by atoms with E-state index in [0.717, 1.165) is 47.7 Å². The number of ether oxygens (including phenoxy) is 1. The maximum atomic E-state index is 13.7. The standard InChI is InChI=1S/C28H35FN2O3S/c1-5-24(26(32)30-14-16-35-17-15-30)34-22-11-8-19-12-13-31(27(33)28(2,3)4)25(23(19)18-22)20-6-9-21(29)10-7-20/h6-11,18,24-25H,5,12-17H2,1-4H3/t24-,25-/m1/s1. The predicted octanol–water partition coefficient (Wildman–Crippen LogP) is 5.08. The van der Waals surface area contributed by atoms with Gasteiger partial charge in [-0.1, -0.05) is 45.9 Å². The molecule has 2 atom stereocenters.